The van der Waals surface area contributed by atoms with Crippen molar-refractivity contribution in [2.75, 3.05) is 18.0 Å². The van der Waals surface area contributed by atoms with Gasteiger partial charge in [0.05, 0.1) is 0 Å². The highest BCUT2D eigenvalue weighted by Gasteiger charge is 2.57. The summed E-state index contributed by atoms with van der Waals surface area (Å²) in [5, 5.41) is 11.9. The fraction of sp³-hybridized carbons (Fsp3) is 0.500. The predicted molar refractivity (Wildman–Crippen MR) is 81.2 cm³/mol. The molecule has 1 aliphatic carbocycles. The van der Waals surface area contributed by atoms with Crippen molar-refractivity contribution in [3.63, 3.8) is 0 Å². The molecule has 1 heterocycles. The molecule has 1 unspecified atom stereocenters. The molecule has 1 amide bonds. The van der Waals surface area contributed by atoms with Gasteiger partial charge >= 0.3 is 12.3 Å². The summed E-state index contributed by atoms with van der Waals surface area (Å²) in [6.07, 6.45) is -3.50. The molecule has 0 radical (unpaired) electrons. The molecule has 2 fully saturated rings. The van der Waals surface area contributed by atoms with E-state index in [1.165, 1.54) is 18.2 Å². The summed E-state index contributed by atoms with van der Waals surface area (Å²) in [7, 11) is 0. The molecular weight excluding hydrogens is 341 g/mol. The van der Waals surface area contributed by atoms with E-state index in [9.17, 15) is 22.8 Å². The summed E-state index contributed by atoms with van der Waals surface area (Å²) < 4.78 is 40.8. The van der Waals surface area contributed by atoms with Crippen LogP contribution in [0.5, 0.6) is 5.75 Å². The van der Waals surface area contributed by atoms with Crippen LogP contribution >= 0.6 is 0 Å². The molecule has 0 spiro atoms. The second-order valence-electron chi connectivity index (χ2n) is 6.34. The number of halogens is 3. The zero-order chi connectivity index (χ0) is 18.2. The maximum Gasteiger partial charge on any atom is 0.573 e. The van der Waals surface area contributed by atoms with Crippen molar-refractivity contribution in [1.29, 1.82) is 0 Å². The van der Waals surface area contributed by atoms with Crippen molar-refractivity contribution in [2.45, 2.75) is 31.7 Å². The summed E-state index contributed by atoms with van der Waals surface area (Å²) in [5.74, 6) is -1.90. The smallest absolute Gasteiger partial charge is 0.480 e. The first-order valence-electron chi connectivity index (χ1n) is 7.85. The highest BCUT2D eigenvalue weighted by atomic mass is 19.4. The lowest BCUT2D eigenvalue weighted by molar-refractivity contribution is -0.274. The topological polar surface area (TPSA) is 78.9 Å². The standard InChI is InChI=1S/C16H17F3N2O4/c17-16(18,19)25-12-3-1-2-11(8-12)21-7-4-10(9-21)20-13(22)15(5-6-15)14(23)24/h1-3,8,10H,4-7,9H2,(H,20,22)(H,23,24). The molecule has 1 aliphatic heterocycles. The zero-order valence-corrected chi connectivity index (χ0v) is 13.2. The Morgan fingerprint density at radius 2 is 2.04 bits per heavy atom. The van der Waals surface area contributed by atoms with Gasteiger partial charge in [0, 0.05) is 30.9 Å². The molecule has 1 aromatic carbocycles. The van der Waals surface area contributed by atoms with E-state index in [0.29, 0.717) is 38.0 Å². The van der Waals surface area contributed by atoms with Crippen LogP contribution in [0, 0.1) is 5.41 Å². The maximum absolute atomic E-state index is 12.3. The predicted octanol–water partition coefficient (Wildman–Crippen LogP) is 2.14. The fourth-order valence-electron chi connectivity index (χ4n) is 2.98. The Morgan fingerprint density at radius 1 is 1.32 bits per heavy atom. The van der Waals surface area contributed by atoms with Gasteiger partial charge in [-0.25, -0.2) is 0 Å². The van der Waals surface area contributed by atoms with Crippen LogP contribution in [-0.4, -0.2) is 42.5 Å². The van der Waals surface area contributed by atoms with Crippen LogP contribution in [0.4, 0.5) is 18.9 Å². The van der Waals surface area contributed by atoms with E-state index in [2.05, 4.69) is 10.1 Å². The van der Waals surface area contributed by atoms with Crippen molar-refractivity contribution >= 4 is 17.6 Å². The van der Waals surface area contributed by atoms with Crippen LogP contribution in [0.15, 0.2) is 24.3 Å². The zero-order valence-electron chi connectivity index (χ0n) is 13.2. The molecule has 0 aromatic heterocycles. The van der Waals surface area contributed by atoms with Gasteiger partial charge in [0.1, 0.15) is 11.2 Å². The molecule has 6 nitrogen and oxygen atoms in total. The third-order valence-electron chi connectivity index (χ3n) is 4.53. The quantitative estimate of drug-likeness (QED) is 0.789. The molecule has 1 aromatic rings. The SMILES string of the molecule is O=C(O)C1(C(=O)NC2CCN(c3cccc(OC(F)(F)F)c3)C2)CC1. The highest BCUT2D eigenvalue weighted by molar-refractivity contribution is 6.05. The normalized spacial score (nSPS) is 21.7. The van der Waals surface area contributed by atoms with Crippen molar-refractivity contribution in [3.05, 3.63) is 24.3 Å². The van der Waals surface area contributed by atoms with E-state index in [1.54, 1.807) is 6.07 Å². The Balaban J connectivity index is 1.61. The van der Waals surface area contributed by atoms with Crippen molar-refractivity contribution in [1.82, 2.24) is 5.32 Å². The number of anilines is 1. The van der Waals surface area contributed by atoms with Gasteiger partial charge in [-0.1, -0.05) is 6.07 Å². The number of benzene rings is 1. The Morgan fingerprint density at radius 3 is 2.64 bits per heavy atom. The summed E-state index contributed by atoms with van der Waals surface area (Å²) in [5.41, 5.74) is -0.744. The van der Waals surface area contributed by atoms with Gasteiger partial charge in [0.25, 0.3) is 0 Å². The third-order valence-corrected chi connectivity index (χ3v) is 4.53. The van der Waals surface area contributed by atoms with Gasteiger partial charge < -0.3 is 20.1 Å². The molecule has 25 heavy (non-hydrogen) atoms. The van der Waals surface area contributed by atoms with Gasteiger partial charge in [-0.3, -0.25) is 9.59 Å². The third kappa shape index (κ3) is 3.80. The molecule has 9 heteroatoms. The molecule has 0 bridgehead atoms. The van der Waals surface area contributed by atoms with Gasteiger partial charge in [0.2, 0.25) is 5.91 Å². The summed E-state index contributed by atoms with van der Waals surface area (Å²) >= 11 is 0. The molecule has 3 rings (SSSR count). The van der Waals surface area contributed by atoms with Gasteiger partial charge in [-0.05, 0) is 31.4 Å². The number of carbonyl (C=O) groups is 2. The number of alkyl halides is 3. The monoisotopic (exact) mass is 358 g/mol. The van der Waals surface area contributed by atoms with Crippen molar-refractivity contribution in [3.8, 4) is 5.75 Å². The Labute approximate surface area is 141 Å². The van der Waals surface area contributed by atoms with Crippen LogP contribution in [0.2, 0.25) is 0 Å². The van der Waals surface area contributed by atoms with E-state index < -0.39 is 23.7 Å². The number of amides is 1. The van der Waals surface area contributed by atoms with Gasteiger partial charge in [0.15, 0.2) is 0 Å². The average molecular weight is 358 g/mol. The molecule has 1 saturated carbocycles. The van der Waals surface area contributed by atoms with Crippen LogP contribution < -0.4 is 15.0 Å². The Kier molecular flexibility index (Phi) is 4.26. The van der Waals surface area contributed by atoms with Crippen molar-refractivity contribution in [2.24, 2.45) is 5.41 Å². The first-order valence-corrected chi connectivity index (χ1v) is 7.85. The minimum Gasteiger partial charge on any atom is -0.480 e. The highest BCUT2D eigenvalue weighted by Crippen LogP contribution is 2.46. The Bertz CT molecular complexity index is 688. The van der Waals surface area contributed by atoms with Gasteiger partial charge in [-0.2, -0.15) is 0 Å². The lowest BCUT2D eigenvalue weighted by Gasteiger charge is -2.21. The molecule has 1 saturated heterocycles. The van der Waals surface area contributed by atoms with E-state index in [4.69, 9.17) is 5.11 Å². The molecular formula is C16H17F3N2O4. The first-order chi connectivity index (χ1) is 11.7. The number of nitrogens with zero attached hydrogens (tertiary/aromatic N) is 1. The molecule has 136 valence electrons. The number of carboxylic acids is 1. The number of ether oxygens (including phenoxy) is 1. The fourth-order valence-corrected chi connectivity index (χ4v) is 2.98. The lowest BCUT2D eigenvalue weighted by Crippen LogP contribution is -2.44. The molecule has 2 aliphatic rings. The van der Waals surface area contributed by atoms with Crippen LogP contribution in [-0.2, 0) is 9.59 Å². The molecule has 1 atom stereocenters. The summed E-state index contributed by atoms with van der Waals surface area (Å²) in [6.45, 7) is 0.942. The minimum atomic E-state index is -4.75. The van der Waals surface area contributed by atoms with E-state index >= 15 is 0 Å². The number of carboxylic acid groups (broad SMARTS) is 1. The number of hydrogen-bond donors (Lipinski definition) is 2. The molecule has 2 N–H and O–H groups in total. The Hall–Kier alpha value is -2.45. The van der Waals surface area contributed by atoms with Crippen LogP contribution in [0.25, 0.3) is 0 Å². The number of rotatable bonds is 5. The summed E-state index contributed by atoms with van der Waals surface area (Å²) in [4.78, 5) is 25.1. The maximum atomic E-state index is 12.3. The van der Waals surface area contributed by atoms with E-state index in [-0.39, 0.29) is 11.8 Å². The van der Waals surface area contributed by atoms with Crippen LogP contribution in [0.1, 0.15) is 19.3 Å². The van der Waals surface area contributed by atoms with Crippen molar-refractivity contribution < 1.29 is 32.6 Å². The van der Waals surface area contributed by atoms with E-state index in [0.717, 1.165) is 0 Å². The second-order valence-corrected chi connectivity index (χ2v) is 6.34. The first kappa shape index (κ1) is 17.4. The lowest BCUT2D eigenvalue weighted by atomic mass is 10.1. The second kappa shape index (κ2) is 6.12. The van der Waals surface area contributed by atoms with E-state index in [1.807, 2.05) is 4.90 Å². The van der Waals surface area contributed by atoms with Crippen LogP contribution in [0.3, 0.4) is 0 Å². The number of nitrogens with one attached hydrogen (secondary N) is 1. The average Bonchev–Trinajstić information content (AvgIpc) is 3.21. The number of aliphatic carboxylic acids is 1. The number of carbonyl (C=O) groups excluding carboxylic acids is 1. The summed E-state index contributed by atoms with van der Waals surface area (Å²) in [6, 6.07) is 5.39. The minimum absolute atomic E-state index is 0.239. The largest absolute Gasteiger partial charge is 0.573 e. The number of hydrogen-bond acceptors (Lipinski definition) is 4. The van der Waals surface area contributed by atoms with Gasteiger partial charge in [-0.15, -0.1) is 13.2 Å².